The molecule has 0 bridgehead atoms. The van der Waals surface area contributed by atoms with Gasteiger partial charge in [0.2, 0.25) is 0 Å². The van der Waals surface area contributed by atoms with E-state index in [4.69, 9.17) is 0 Å². The molecule has 26 heavy (non-hydrogen) atoms. The van der Waals surface area contributed by atoms with E-state index >= 15 is 0 Å². The molecule has 3 rings (SSSR count). The fraction of sp³-hybridized carbons (Fsp3) is 0. The third-order valence-electron chi connectivity index (χ3n) is 4.01. The monoisotopic (exact) mass is 332 g/mol. The molecule has 0 saturated carbocycles. The van der Waals surface area contributed by atoms with Crippen LogP contribution in [0.5, 0.6) is 0 Å². The molecule has 0 saturated heterocycles. The summed E-state index contributed by atoms with van der Waals surface area (Å²) < 4.78 is 0. The van der Waals surface area contributed by atoms with Crippen molar-refractivity contribution in [2.45, 2.75) is 0 Å². The summed E-state index contributed by atoms with van der Waals surface area (Å²) in [7, 11) is 0. The minimum Gasteiger partial charge on any atom is -0.192 e. The molecule has 0 amide bonds. The molecule has 0 unspecified atom stereocenters. The standard InChI is InChI=1S/C24H16N2/c25-17-22-15-14-21(13-11-19-7-3-1-4-8-19)24(18-26)23(22)16-12-20-9-5-2-6-10-20/h1-16H. The fourth-order valence-corrected chi connectivity index (χ4v) is 2.66. The molecule has 122 valence electrons. The van der Waals surface area contributed by atoms with Gasteiger partial charge in [0.15, 0.2) is 0 Å². The molecule has 0 N–H and O–H groups in total. The summed E-state index contributed by atoms with van der Waals surface area (Å²) in [6, 6.07) is 27.7. The maximum atomic E-state index is 9.69. The van der Waals surface area contributed by atoms with Crippen molar-refractivity contribution in [1.82, 2.24) is 0 Å². The van der Waals surface area contributed by atoms with Crippen LogP contribution in [-0.4, -0.2) is 0 Å². The highest BCUT2D eigenvalue weighted by molar-refractivity contribution is 5.81. The van der Waals surface area contributed by atoms with Crippen LogP contribution in [0.1, 0.15) is 33.4 Å². The molecule has 0 radical (unpaired) electrons. The average molecular weight is 332 g/mol. The second kappa shape index (κ2) is 8.29. The highest BCUT2D eigenvalue weighted by Crippen LogP contribution is 2.23. The van der Waals surface area contributed by atoms with E-state index in [2.05, 4.69) is 12.1 Å². The van der Waals surface area contributed by atoms with E-state index in [-0.39, 0.29) is 0 Å². The van der Waals surface area contributed by atoms with Crippen molar-refractivity contribution in [3.8, 4) is 12.1 Å². The molecule has 2 nitrogen and oxygen atoms in total. The first-order chi connectivity index (χ1) is 12.8. The minimum absolute atomic E-state index is 0.491. The fourth-order valence-electron chi connectivity index (χ4n) is 2.66. The smallest absolute Gasteiger partial charge is 0.100 e. The van der Waals surface area contributed by atoms with E-state index < -0.39 is 0 Å². The summed E-state index contributed by atoms with van der Waals surface area (Å²) in [4.78, 5) is 0. The molecular formula is C24H16N2. The van der Waals surface area contributed by atoms with E-state index in [1.807, 2.05) is 91.0 Å². The first kappa shape index (κ1) is 17.0. The normalized spacial score (nSPS) is 10.7. The topological polar surface area (TPSA) is 47.6 Å². The van der Waals surface area contributed by atoms with Gasteiger partial charge in [0.05, 0.1) is 17.2 Å². The molecular weight excluding hydrogens is 316 g/mol. The van der Waals surface area contributed by atoms with Crippen molar-refractivity contribution >= 4 is 24.3 Å². The van der Waals surface area contributed by atoms with Gasteiger partial charge in [-0.3, -0.25) is 0 Å². The third kappa shape index (κ3) is 3.96. The average Bonchev–Trinajstić information content (AvgIpc) is 2.71. The van der Waals surface area contributed by atoms with Crippen LogP contribution in [0, 0.1) is 22.7 Å². The van der Waals surface area contributed by atoms with E-state index in [0.717, 1.165) is 16.7 Å². The van der Waals surface area contributed by atoms with Crippen LogP contribution < -0.4 is 0 Å². The molecule has 0 aromatic heterocycles. The lowest BCUT2D eigenvalue weighted by atomic mass is 9.95. The Bertz CT molecular complexity index is 1030. The molecule has 0 atom stereocenters. The van der Waals surface area contributed by atoms with Gasteiger partial charge in [0.1, 0.15) is 6.07 Å². The number of benzene rings is 3. The van der Waals surface area contributed by atoms with Gasteiger partial charge in [0.25, 0.3) is 0 Å². The first-order valence-corrected chi connectivity index (χ1v) is 8.25. The number of hydrogen-bond donors (Lipinski definition) is 0. The summed E-state index contributed by atoms with van der Waals surface area (Å²) in [6.07, 6.45) is 7.63. The number of rotatable bonds is 4. The lowest BCUT2D eigenvalue weighted by Crippen LogP contribution is -1.92. The molecule has 0 aliphatic heterocycles. The number of nitriles is 2. The molecule has 0 aliphatic carbocycles. The predicted octanol–water partition coefficient (Wildman–Crippen LogP) is 5.77. The van der Waals surface area contributed by atoms with E-state index in [0.29, 0.717) is 16.7 Å². The highest BCUT2D eigenvalue weighted by Gasteiger charge is 2.09. The van der Waals surface area contributed by atoms with Gasteiger partial charge in [0, 0.05) is 5.56 Å². The molecule has 2 heteroatoms. The van der Waals surface area contributed by atoms with Gasteiger partial charge >= 0.3 is 0 Å². The van der Waals surface area contributed by atoms with Gasteiger partial charge in [-0.25, -0.2) is 0 Å². The van der Waals surface area contributed by atoms with Gasteiger partial charge in [-0.15, -0.1) is 0 Å². The summed E-state index contributed by atoms with van der Waals surface area (Å²) >= 11 is 0. The lowest BCUT2D eigenvalue weighted by Gasteiger charge is -2.06. The molecule has 0 aliphatic rings. The summed E-state index contributed by atoms with van der Waals surface area (Å²) in [5.74, 6) is 0. The first-order valence-electron chi connectivity index (χ1n) is 8.25. The Kier molecular flexibility index (Phi) is 5.41. The van der Waals surface area contributed by atoms with Crippen molar-refractivity contribution in [3.05, 3.63) is 106 Å². The van der Waals surface area contributed by atoms with Crippen molar-refractivity contribution in [1.29, 1.82) is 10.5 Å². The van der Waals surface area contributed by atoms with Crippen molar-refractivity contribution in [2.75, 3.05) is 0 Å². The second-order valence-corrected chi connectivity index (χ2v) is 5.70. The minimum atomic E-state index is 0.491. The Balaban J connectivity index is 2.03. The van der Waals surface area contributed by atoms with E-state index in [9.17, 15) is 10.5 Å². The zero-order valence-electron chi connectivity index (χ0n) is 14.1. The molecule has 3 aromatic rings. The number of hydrogen-bond acceptors (Lipinski definition) is 2. The molecule has 0 fully saturated rings. The zero-order chi connectivity index (χ0) is 18.2. The van der Waals surface area contributed by atoms with Crippen LogP contribution in [0.15, 0.2) is 72.8 Å². The van der Waals surface area contributed by atoms with Gasteiger partial charge in [-0.05, 0) is 22.8 Å². The van der Waals surface area contributed by atoms with Gasteiger partial charge in [-0.2, -0.15) is 10.5 Å². The van der Waals surface area contributed by atoms with Crippen molar-refractivity contribution < 1.29 is 0 Å². The molecule has 0 heterocycles. The summed E-state index contributed by atoms with van der Waals surface area (Å²) in [6.45, 7) is 0. The summed E-state index contributed by atoms with van der Waals surface area (Å²) in [5.41, 5.74) is 4.51. The maximum Gasteiger partial charge on any atom is 0.100 e. The predicted molar refractivity (Wildman–Crippen MR) is 107 cm³/mol. The van der Waals surface area contributed by atoms with E-state index in [1.165, 1.54) is 0 Å². The SMILES string of the molecule is N#Cc1ccc(C=Cc2ccccc2)c(C#N)c1C=Cc1ccccc1. The summed E-state index contributed by atoms with van der Waals surface area (Å²) in [5, 5.41) is 19.1. The quantitative estimate of drug-likeness (QED) is 0.569. The van der Waals surface area contributed by atoms with Crippen LogP contribution in [0.3, 0.4) is 0 Å². The van der Waals surface area contributed by atoms with Gasteiger partial charge in [-0.1, -0.05) is 91.0 Å². The van der Waals surface area contributed by atoms with Crippen LogP contribution in [0.2, 0.25) is 0 Å². The second-order valence-electron chi connectivity index (χ2n) is 5.70. The van der Waals surface area contributed by atoms with Crippen LogP contribution >= 0.6 is 0 Å². The highest BCUT2D eigenvalue weighted by atomic mass is 14.3. The molecule has 0 spiro atoms. The molecule has 3 aromatic carbocycles. The van der Waals surface area contributed by atoms with Crippen LogP contribution in [-0.2, 0) is 0 Å². The Labute approximate surface area is 153 Å². The largest absolute Gasteiger partial charge is 0.192 e. The van der Waals surface area contributed by atoms with Crippen LogP contribution in [0.4, 0.5) is 0 Å². The third-order valence-corrected chi connectivity index (χ3v) is 4.01. The Morgan fingerprint density at radius 2 is 1.15 bits per heavy atom. The van der Waals surface area contributed by atoms with E-state index in [1.54, 1.807) is 6.07 Å². The van der Waals surface area contributed by atoms with Crippen LogP contribution in [0.25, 0.3) is 24.3 Å². The van der Waals surface area contributed by atoms with Crippen molar-refractivity contribution in [3.63, 3.8) is 0 Å². The van der Waals surface area contributed by atoms with Gasteiger partial charge < -0.3 is 0 Å². The van der Waals surface area contributed by atoms with Crippen molar-refractivity contribution in [2.24, 2.45) is 0 Å². The Morgan fingerprint density at radius 3 is 1.69 bits per heavy atom. The maximum absolute atomic E-state index is 9.69. The zero-order valence-corrected chi connectivity index (χ0v) is 14.1. The Hall–Kier alpha value is -3.88. The lowest BCUT2D eigenvalue weighted by molar-refractivity contribution is 1.42. The number of nitrogens with zero attached hydrogens (tertiary/aromatic N) is 2. The Morgan fingerprint density at radius 1 is 0.577 bits per heavy atom.